The Bertz CT molecular complexity index is 386. The van der Waals surface area contributed by atoms with Crippen LogP contribution in [0, 0.1) is 0 Å². The van der Waals surface area contributed by atoms with E-state index in [1.807, 2.05) is 0 Å². The first-order valence-electron chi connectivity index (χ1n) is 6.47. The second-order valence-corrected chi connectivity index (χ2v) is 3.91. The largest absolute Gasteiger partial charge is 0.478 e. The Kier molecular flexibility index (Phi) is 15.3. The SMILES string of the molecule is C=C(C)C(=O)OCCCO.O=C(O)/C=C\C(=O)OCCCO. The second kappa shape index (κ2) is 15.2. The molecule has 0 aliphatic rings. The Hall–Kier alpha value is -2.19. The van der Waals surface area contributed by atoms with Gasteiger partial charge in [0.1, 0.15) is 0 Å². The van der Waals surface area contributed by atoms with E-state index < -0.39 is 17.9 Å². The van der Waals surface area contributed by atoms with Gasteiger partial charge in [-0.2, -0.15) is 0 Å². The molecule has 0 fully saturated rings. The number of carbonyl (C=O) groups excluding carboxylic acids is 2. The molecule has 8 nitrogen and oxygen atoms in total. The topological polar surface area (TPSA) is 130 Å². The smallest absolute Gasteiger partial charge is 0.333 e. The highest BCUT2D eigenvalue weighted by Crippen LogP contribution is 1.92. The summed E-state index contributed by atoms with van der Waals surface area (Å²) >= 11 is 0. The summed E-state index contributed by atoms with van der Waals surface area (Å²) in [7, 11) is 0. The third-order valence-corrected chi connectivity index (χ3v) is 1.79. The minimum atomic E-state index is -1.20. The zero-order valence-electron chi connectivity index (χ0n) is 12.5. The van der Waals surface area contributed by atoms with Gasteiger partial charge in [-0.05, 0) is 6.92 Å². The monoisotopic (exact) mass is 318 g/mol. The van der Waals surface area contributed by atoms with Crippen molar-refractivity contribution in [3.63, 3.8) is 0 Å². The summed E-state index contributed by atoms with van der Waals surface area (Å²) in [4.78, 5) is 31.1. The van der Waals surface area contributed by atoms with Gasteiger partial charge in [0, 0.05) is 43.8 Å². The van der Waals surface area contributed by atoms with Crippen molar-refractivity contribution in [2.45, 2.75) is 19.8 Å². The second-order valence-electron chi connectivity index (χ2n) is 3.91. The highest BCUT2D eigenvalue weighted by atomic mass is 16.5. The summed E-state index contributed by atoms with van der Waals surface area (Å²) in [6, 6.07) is 0. The summed E-state index contributed by atoms with van der Waals surface area (Å²) in [5.74, 6) is -2.31. The number of carbonyl (C=O) groups is 3. The molecule has 0 unspecified atom stereocenters. The standard InChI is InChI=1S/C7H10O5.C7H12O3/c8-4-1-5-12-7(11)3-2-6(9)10;1-6(2)7(9)10-5-3-4-8/h2-3,8H,1,4-5H2,(H,9,10);8H,1,3-5H2,2H3/b3-2-;. The van der Waals surface area contributed by atoms with Crippen LogP contribution in [0.3, 0.4) is 0 Å². The number of hydrogen-bond acceptors (Lipinski definition) is 7. The number of rotatable bonds is 9. The molecule has 0 aromatic rings. The Balaban J connectivity index is 0. The molecule has 0 aliphatic heterocycles. The first-order valence-corrected chi connectivity index (χ1v) is 6.47. The summed E-state index contributed by atoms with van der Waals surface area (Å²) in [6.45, 7) is 5.33. The van der Waals surface area contributed by atoms with Crippen molar-refractivity contribution in [2.75, 3.05) is 26.4 Å². The van der Waals surface area contributed by atoms with E-state index in [9.17, 15) is 14.4 Å². The molecule has 22 heavy (non-hydrogen) atoms. The van der Waals surface area contributed by atoms with Crippen molar-refractivity contribution < 1.29 is 39.2 Å². The van der Waals surface area contributed by atoms with Gasteiger partial charge < -0.3 is 24.8 Å². The summed E-state index contributed by atoms with van der Waals surface area (Å²) in [6.07, 6.45) is 2.35. The predicted molar refractivity (Wildman–Crippen MR) is 76.9 cm³/mol. The van der Waals surface area contributed by atoms with Crippen LogP contribution in [-0.4, -0.2) is 59.7 Å². The molecular formula is C14H22O8. The van der Waals surface area contributed by atoms with E-state index in [1.54, 1.807) is 6.92 Å². The zero-order valence-corrected chi connectivity index (χ0v) is 12.5. The van der Waals surface area contributed by atoms with Crippen LogP contribution in [0.15, 0.2) is 24.3 Å². The summed E-state index contributed by atoms with van der Waals surface area (Å²) < 4.78 is 9.13. The Morgan fingerprint density at radius 2 is 1.50 bits per heavy atom. The molecule has 0 aliphatic carbocycles. The van der Waals surface area contributed by atoms with Crippen molar-refractivity contribution in [1.82, 2.24) is 0 Å². The zero-order chi connectivity index (χ0) is 17.4. The lowest BCUT2D eigenvalue weighted by Crippen LogP contribution is -2.06. The highest BCUT2D eigenvalue weighted by molar-refractivity contribution is 5.90. The van der Waals surface area contributed by atoms with Gasteiger partial charge in [0.15, 0.2) is 0 Å². The van der Waals surface area contributed by atoms with Crippen LogP contribution in [0.4, 0.5) is 0 Å². The fourth-order valence-corrected chi connectivity index (χ4v) is 0.777. The van der Waals surface area contributed by atoms with Crippen LogP contribution in [0.2, 0.25) is 0 Å². The number of aliphatic carboxylic acids is 1. The molecule has 126 valence electrons. The van der Waals surface area contributed by atoms with E-state index in [1.165, 1.54) is 0 Å². The maximum Gasteiger partial charge on any atom is 0.333 e. The van der Waals surface area contributed by atoms with Gasteiger partial charge in [-0.25, -0.2) is 14.4 Å². The molecule has 0 amide bonds. The molecule has 0 spiro atoms. The van der Waals surface area contributed by atoms with Gasteiger partial charge in [0.25, 0.3) is 0 Å². The van der Waals surface area contributed by atoms with E-state index in [2.05, 4.69) is 16.1 Å². The molecule has 0 aromatic carbocycles. The van der Waals surface area contributed by atoms with Crippen molar-refractivity contribution in [1.29, 1.82) is 0 Å². The Labute approximate surface area is 128 Å². The molecule has 0 saturated carbocycles. The fraction of sp³-hybridized carbons (Fsp3) is 0.500. The average Bonchev–Trinajstić information content (AvgIpc) is 2.46. The molecule has 3 N–H and O–H groups in total. The number of hydrogen-bond donors (Lipinski definition) is 3. The molecular weight excluding hydrogens is 296 g/mol. The molecule has 0 bridgehead atoms. The van der Waals surface area contributed by atoms with Crippen molar-refractivity contribution in [3.05, 3.63) is 24.3 Å². The van der Waals surface area contributed by atoms with E-state index in [4.69, 9.17) is 15.3 Å². The third kappa shape index (κ3) is 17.8. The number of aliphatic hydroxyl groups is 2. The third-order valence-electron chi connectivity index (χ3n) is 1.79. The lowest BCUT2D eigenvalue weighted by molar-refractivity contribution is -0.139. The molecule has 8 heteroatoms. The lowest BCUT2D eigenvalue weighted by atomic mass is 10.4. The molecule has 0 heterocycles. The van der Waals surface area contributed by atoms with Gasteiger partial charge in [-0.1, -0.05) is 6.58 Å². The quantitative estimate of drug-likeness (QED) is 0.308. The summed E-state index contributed by atoms with van der Waals surface area (Å²) in [5, 5.41) is 24.7. The average molecular weight is 318 g/mol. The van der Waals surface area contributed by atoms with E-state index >= 15 is 0 Å². The number of aliphatic hydroxyl groups excluding tert-OH is 2. The maximum absolute atomic E-state index is 10.6. The van der Waals surface area contributed by atoms with Gasteiger partial charge >= 0.3 is 17.9 Å². The number of carboxylic acids is 1. The Morgan fingerprint density at radius 1 is 1.00 bits per heavy atom. The molecule has 0 saturated heterocycles. The maximum atomic E-state index is 10.6. The number of esters is 2. The van der Waals surface area contributed by atoms with Gasteiger partial charge in [-0.3, -0.25) is 0 Å². The Morgan fingerprint density at radius 3 is 1.91 bits per heavy atom. The van der Waals surface area contributed by atoms with Crippen molar-refractivity contribution in [2.24, 2.45) is 0 Å². The van der Waals surface area contributed by atoms with Gasteiger partial charge in [-0.15, -0.1) is 0 Å². The van der Waals surface area contributed by atoms with Gasteiger partial charge in [0.2, 0.25) is 0 Å². The van der Waals surface area contributed by atoms with Crippen LogP contribution in [0.5, 0.6) is 0 Å². The highest BCUT2D eigenvalue weighted by Gasteiger charge is 2.00. The minimum absolute atomic E-state index is 0.0451. The number of carboxylic acid groups (broad SMARTS) is 1. The first kappa shape index (κ1) is 22.1. The summed E-state index contributed by atoms with van der Waals surface area (Å²) in [5.41, 5.74) is 0.387. The predicted octanol–water partition coefficient (Wildman–Crippen LogP) is 0.0409. The van der Waals surface area contributed by atoms with Crippen LogP contribution >= 0.6 is 0 Å². The molecule has 0 radical (unpaired) electrons. The van der Waals surface area contributed by atoms with Crippen LogP contribution in [-0.2, 0) is 23.9 Å². The van der Waals surface area contributed by atoms with E-state index in [-0.39, 0.29) is 26.4 Å². The van der Waals surface area contributed by atoms with Crippen LogP contribution in [0.1, 0.15) is 19.8 Å². The molecule has 0 rings (SSSR count). The van der Waals surface area contributed by atoms with E-state index in [0.29, 0.717) is 24.5 Å². The fourth-order valence-electron chi connectivity index (χ4n) is 0.777. The van der Waals surface area contributed by atoms with Gasteiger partial charge in [0.05, 0.1) is 13.2 Å². The van der Waals surface area contributed by atoms with Crippen molar-refractivity contribution >= 4 is 17.9 Å². The molecule has 0 aromatic heterocycles. The first-order chi connectivity index (χ1) is 10.3. The van der Waals surface area contributed by atoms with Crippen LogP contribution in [0.25, 0.3) is 0 Å². The van der Waals surface area contributed by atoms with E-state index in [0.717, 1.165) is 6.08 Å². The normalized spacial score (nSPS) is 9.59. The number of ether oxygens (including phenoxy) is 2. The van der Waals surface area contributed by atoms with Crippen molar-refractivity contribution in [3.8, 4) is 0 Å². The molecule has 0 atom stereocenters. The minimum Gasteiger partial charge on any atom is -0.478 e. The lowest BCUT2D eigenvalue weighted by Gasteiger charge is -2.00. The van der Waals surface area contributed by atoms with Crippen LogP contribution < -0.4 is 0 Å².